The molecule has 0 aromatic heterocycles. The van der Waals surface area contributed by atoms with Gasteiger partial charge in [-0.2, -0.15) is 0 Å². The predicted molar refractivity (Wildman–Crippen MR) is 62.5 cm³/mol. The van der Waals surface area contributed by atoms with Crippen LogP contribution in [0.2, 0.25) is 0 Å². The van der Waals surface area contributed by atoms with Gasteiger partial charge in [-0.3, -0.25) is 4.79 Å². The molecular formula is C11H14BrNO2. The third kappa shape index (κ3) is 4.95. The van der Waals surface area contributed by atoms with E-state index >= 15 is 0 Å². The van der Waals surface area contributed by atoms with Crippen LogP contribution in [0.5, 0.6) is 0 Å². The Morgan fingerprint density at radius 2 is 2.07 bits per heavy atom. The van der Waals surface area contributed by atoms with Gasteiger partial charge in [0.1, 0.15) is 6.61 Å². The zero-order valence-electron chi connectivity index (χ0n) is 8.63. The fourth-order valence-electron chi connectivity index (χ4n) is 1.02. The van der Waals surface area contributed by atoms with E-state index in [2.05, 4.69) is 21.2 Å². The van der Waals surface area contributed by atoms with Crippen LogP contribution in [0.25, 0.3) is 0 Å². The number of rotatable bonds is 5. The lowest BCUT2D eigenvalue weighted by Gasteiger charge is -2.05. The molecule has 0 atom stereocenters. The first-order valence-electron chi connectivity index (χ1n) is 4.83. The zero-order valence-corrected chi connectivity index (χ0v) is 10.2. The number of esters is 1. The molecule has 1 aromatic carbocycles. The fourth-order valence-corrected chi connectivity index (χ4v) is 1.29. The number of hydrogen-bond donors (Lipinski definition) is 1. The molecule has 0 fully saturated rings. The Kier molecular flexibility index (Phi) is 5.36. The summed E-state index contributed by atoms with van der Waals surface area (Å²) in [5.74, 6) is -0.222. The van der Waals surface area contributed by atoms with Crippen molar-refractivity contribution in [2.24, 2.45) is 0 Å². The molecule has 0 unspecified atom stereocenters. The summed E-state index contributed by atoms with van der Waals surface area (Å²) in [5.41, 5.74) is 0.989. The number of hydrogen-bond acceptors (Lipinski definition) is 3. The Morgan fingerprint density at radius 3 is 2.67 bits per heavy atom. The SMILES string of the molecule is CCNCC(=O)OCc1ccc(Br)cc1. The number of nitrogens with one attached hydrogen (secondary N) is 1. The highest BCUT2D eigenvalue weighted by Crippen LogP contribution is 2.10. The van der Waals surface area contributed by atoms with Crippen molar-refractivity contribution in [2.45, 2.75) is 13.5 Å². The summed E-state index contributed by atoms with van der Waals surface area (Å²) in [6.45, 7) is 3.32. The maximum absolute atomic E-state index is 11.1. The van der Waals surface area contributed by atoms with E-state index < -0.39 is 0 Å². The van der Waals surface area contributed by atoms with Crippen molar-refractivity contribution < 1.29 is 9.53 Å². The highest BCUT2D eigenvalue weighted by atomic mass is 79.9. The summed E-state index contributed by atoms with van der Waals surface area (Å²) in [6, 6.07) is 7.69. The smallest absolute Gasteiger partial charge is 0.320 e. The van der Waals surface area contributed by atoms with E-state index in [0.717, 1.165) is 16.6 Å². The molecule has 0 bridgehead atoms. The molecule has 4 heteroatoms. The largest absolute Gasteiger partial charge is 0.460 e. The van der Waals surface area contributed by atoms with Crippen LogP contribution in [0.4, 0.5) is 0 Å². The van der Waals surface area contributed by atoms with E-state index in [1.807, 2.05) is 31.2 Å². The van der Waals surface area contributed by atoms with Crippen molar-refractivity contribution in [3.05, 3.63) is 34.3 Å². The van der Waals surface area contributed by atoms with Gasteiger partial charge < -0.3 is 10.1 Å². The molecule has 1 aromatic rings. The Bertz CT molecular complexity index is 311. The molecule has 1 N–H and O–H groups in total. The second kappa shape index (κ2) is 6.58. The van der Waals surface area contributed by atoms with E-state index in [0.29, 0.717) is 6.61 Å². The molecule has 0 spiro atoms. The summed E-state index contributed by atoms with van der Waals surface area (Å²) in [7, 11) is 0. The van der Waals surface area contributed by atoms with Gasteiger partial charge in [0, 0.05) is 4.47 Å². The van der Waals surface area contributed by atoms with Crippen molar-refractivity contribution >= 4 is 21.9 Å². The second-order valence-corrected chi connectivity index (χ2v) is 3.98. The van der Waals surface area contributed by atoms with Gasteiger partial charge >= 0.3 is 5.97 Å². The lowest BCUT2D eigenvalue weighted by Crippen LogP contribution is -2.24. The molecule has 0 saturated heterocycles. The van der Waals surface area contributed by atoms with Gasteiger partial charge in [-0.25, -0.2) is 0 Å². The topological polar surface area (TPSA) is 38.3 Å². The highest BCUT2D eigenvalue weighted by Gasteiger charge is 2.01. The Balaban J connectivity index is 2.30. The average Bonchev–Trinajstić information content (AvgIpc) is 2.25. The van der Waals surface area contributed by atoms with Gasteiger partial charge in [-0.05, 0) is 24.2 Å². The number of benzene rings is 1. The Morgan fingerprint density at radius 1 is 1.40 bits per heavy atom. The van der Waals surface area contributed by atoms with Gasteiger partial charge in [0.25, 0.3) is 0 Å². The molecular weight excluding hydrogens is 258 g/mol. The first-order chi connectivity index (χ1) is 7.22. The first-order valence-corrected chi connectivity index (χ1v) is 5.62. The van der Waals surface area contributed by atoms with E-state index in [4.69, 9.17) is 4.74 Å². The number of ether oxygens (including phenoxy) is 1. The molecule has 0 aliphatic rings. The van der Waals surface area contributed by atoms with E-state index in [-0.39, 0.29) is 12.5 Å². The molecule has 0 radical (unpaired) electrons. The lowest BCUT2D eigenvalue weighted by atomic mass is 10.2. The monoisotopic (exact) mass is 271 g/mol. The van der Waals surface area contributed by atoms with E-state index in [9.17, 15) is 4.79 Å². The molecule has 3 nitrogen and oxygen atoms in total. The lowest BCUT2D eigenvalue weighted by molar-refractivity contribution is -0.143. The van der Waals surface area contributed by atoms with Gasteiger partial charge in [0.15, 0.2) is 0 Å². The number of likely N-dealkylation sites (N-methyl/N-ethyl adjacent to an activating group) is 1. The number of carbonyl (C=O) groups is 1. The minimum absolute atomic E-state index is 0.222. The predicted octanol–water partition coefficient (Wildman–Crippen LogP) is 2.10. The summed E-state index contributed by atoms with van der Waals surface area (Å²) in [4.78, 5) is 11.1. The number of carbonyl (C=O) groups excluding carboxylic acids is 1. The molecule has 1 rings (SSSR count). The van der Waals surface area contributed by atoms with Crippen molar-refractivity contribution in [1.82, 2.24) is 5.32 Å². The van der Waals surface area contributed by atoms with Crippen molar-refractivity contribution in [2.75, 3.05) is 13.1 Å². The highest BCUT2D eigenvalue weighted by molar-refractivity contribution is 9.10. The first kappa shape index (κ1) is 12.2. The molecule has 82 valence electrons. The maximum Gasteiger partial charge on any atom is 0.320 e. The molecule has 0 amide bonds. The summed E-state index contributed by atoms with van der Waals surface area (Å²) < 4.78 is 6.07. The van der Waals surface area contributed by atoms with Crippen molar-refractivity contribution in [1.29, 1.82) is 0 Å². The minimum atomic E-state index is -0.222. The van der Waals surface area contributed by atoms with Crippen LogP contribution in [-0.2, 0) is 16.1 Å². The van der Waals surface area contributed by atoms with E-state index in [1.165, 1.54) is 0 Å². The molecule has 0 heterocycles. The normalized spacial score (nSPS) is 10.0. The van der Waals surface area contributed by atoms with Gasteiger partial charge in [-0.1, -0.05) is 35.0 Å². The molecule has 0 aliphatic carbocycles. The van der Waals surface area contributed by atoms with Crippen LogP contribution < -0.4 is 5.32 Å². The molecule has 0 saturated carbocycles. The van der Waals surface area contributed by atoms with Crippen LogP contribution in [0.3, 0.4) is 0 Å². The summed E-state index contributed by atoms with van der Waals surface area (Å²) in [5, 5.41) is 2.91. The van der Waals surface area contributed by atoms with Crippen LogP contribution in [-0.4, -0.2) is 19.1 Å². The molecule has 15 heavy (non-hydrogen) atoms. The Hall–Kier alpha value is -0.870. The number of halogens is 1. The second-order valence-electron chi connectivity index (χ2n) is 3.07. The van der Waals surface area contributed by atoms with Crippen molar-refractivity contribution in [3.8, 4) is 0 Å². The fraction of sp³-hybridized carbons (Fsp3) is 0.364. The molecule has 0 aliphatic heterocycles. The standard InChI is InChI=1S/C11H14BrNO2/c1-2-13-7-11(14)15-8-9-3-5-10(12)6-4-9/h3-6,13H,2,7-8H2,1H3. The maximum atomic E-state index is 11.1. The van der Waals surface area contributed by atoms with Crippen LogP contribution in [0, 0.1) is 0 Å². The third-order valence-electron chi connectivity index (χ3n) is 1.83. The van der Waals surface area contributed by atoms with Crippen LogP contribution in [0.1, 0.15) is 12.5 Å². The minimum Gasteiger partial charge on any atom is -0.460 e. The average molecular weight is 272 g/mol. The van der Waals surface area contributed by atoms with Gasteiger partial charge in [0.05, 0.1) is 6.54 Å². The van der Waals surface area contributed by atoms with Gasteiger partial charge in [-0.15, -0.1) is 0 Å². The van der Waals surface area contributed by atoms with Crippen LogP contribution >= 0.6 is 15.9 Å². The summed E-state index contributed by atoms with van der Waals surface area (Å²) in [6.07, 6.45) is 0. The Labute approximate surface area is 97.9 Å². The zero-order chi connectivity index (χ0) is 11.1. The van der Waals surface area contributed by atoms with Crippen molar-refractivity contribution in [3.63, 3.8) is 0 Å². The van der Waals surface area contributed by atoms with Gasteiger partial charge in [0.2, 0.25) is 0 Å². The quantitative estimate of drug-likeness (QED) is 0.834. The third-order valence-corrected chi connectivity index (χ3v) is 2.36. The van der Waals surface area contributed by atoms with E-state index in [1.54, 1.807) is 0 Å². The summed E-state index contributed by atoms with van der Waals surface area (Å²) >= 11 is 3.34. The van der Waals surface area contributed by atoms with Crippen LogP contribution in [0.15, 0.2) is 28.7 Å².